The van der Waals surface area contributed by atoms with Gasteiger partial charge in [-0.25, -0.2) is 13.1 Å². The summed E-state index contributed by atoms with van der Waals surface area (Å²) in [7, 11) is -0.571. The molecule has 1 aliphatic rings. The zero-order valence-corrected chi connectivity index (χ0v) is 18.2. The van der Waals surface area contributed by atoms with Gasteiger partial charge in [-0.15, -0.1) is 11.8 Å². The lowest BCUT2D eigenvalue weighted by molar-refractivity contribution is -0.116. The largest absolute Gasteiger partial charge is 0.493 e. The predicted molar refractivity (Wildman–Crippen MR) is 114 cm³/mol. The summed E-state index contributed by atoms with van der Waals surface area (Å²) in [4.78, 5) is 14.6. The molecule has 2 aromatic rings. The van der Waals surface area contributed by atoms with Gasteiger partial charge in [0.25, 0.3) is 0 Å². The third-order valence-corrected chi connectivity index (χ3v) is 7.14. The molecule has 0 bridgehead atoms. The van der Waals surface area contributed by atoms with E-state index in [4.69, 9.17) is 9.47 Å². The van der Waals surface area contributed by atoms with Crippen LogP contribution in [0.1, 0.15) is 12.5 Å². The fourth-order valence-electron chi connectivity index (χ4n) is 3.14. The van der Waals surface area contributed by atoms with Crippen LogP contribution in [0, 0.1) is 0 Å². The maximum atomic E-state index is 12.7. The van der Waals surface area contributed by atoms with E-state index in [9.17, 15) is 13.2 Å². The highest BCUT2D eigenvalue weighted by atomic mass is 32.2. The predicted octanol–water partition coefficient (Wildman–Crippen LogP) is 2.68. The van der Waals surface area contributed by atoms with E-state index in [1.54, 1.807) is 55.1 Å². The number of amides is 1. The number of fused-ring (bicyclic) bond motifs is 1. The number of carbonyl (C=O) groups is 1. The molecule has 0 atom stereocenters. The average Bonchev–Trinajstić information content (AvgIpc) is 2.72. The number of methoxy groups -OCH3 is 2. The van der Waals surface area contributed by atoms with Crippen LogP contribution in [0.15, 0.2) is 46.2 Å². The molecule has 0 radical (unpaired) electrons. The van der Waals surface area contributed by atoms with Crippen molar-refractivity contribution in [1.29, 1.82) is 0 Å². The summed E-state index contributed by atoms with van der Waals surface area (Å²) >= 11 is 1.62. The molecule has 0 aromatic heterocycles. The molecule has 1 aliphatic heterocycles. The van der Waals surface area contributed by atoms with Gasteiger partial charge in [-0.3, -0.25) is 4.79 Å². The van der Waals surface area contributed by atoms with Crippen molar-refractivity contribution in [2.75, 3.05) is 38.0 Å². The van der Waals surface area contributed by atoms with Crippen molar-refractivity contribution in [2.45, 2.75) is 23.1 Å². The standard InChI is InChI=1S/C20H24N2O5S2/c1-14(23)22-10-11-28-20-7-5-16(13-17(20)22)29(24,25)21-9-8-15-4-6-18(26-2)19(12-15)27-3/h4-7,12-13,21H,8-11H2,1-3H3. The summed E-state index contributed by atoms with van der Waals surface area (Å²) in [6, 6.07) is 10.4. The monoisotopic (exact) mass is 436 g/mol. The van der Waals surface area contributed by atoms with Crippen LogP contribution in [0.5, 0.6) is 11.5 Å². The Morgan fingerprint density at radius 2 is 1.90 bits per heavy atom. The van der Waals surface area contributed by atoms with Gasteiger partial charge in [0.05, 0.1) is 24.8 Å². The van der Waals surface area contributed by atoms with Gasteiger partial charge in [-0.1, -0.05) is 6.07 Å². The van der Waals surface area contributed by atoms with Gasteiger partial charge >= 0.3 is 0 Å². The number of ether oxygens (including phenoxy) is 2. The second-order valence-electron chi connectivity index (χ2n) is 6.49. The van der Waals surface area contributed by atoms with Gasteiger partial charge in [0.15, 0.2) is 11.5 Å². The Morgan fingerprint density at radius 3 is 2.59 bits per heavy atom. The molecule has 29 heavy (non-hydrogen) atoms. The Labute approximate surface area is 175 Å². The van der Waals surface area contributed by atoms with Gasteiger partial charge in [0, 0.05) is 30.7 Å². The number of benzene rings is 2. The highest BCUT2D eigenvalue weighted by Gasteiger charge is 2.23. The van der Waals surface area contributed by atoms with Crippen molar-refractivity contribution >= 4 is 33.4 Å². The molecule has 3 rings (SSSR count). The third-order valence-electron chi connectivity index (χ3n) is 4.64. The molecule has 1 amide bonds. The number of rotatable bonds is 7. The minimum Gasteiger partial charge on any atom is -0.493 e. The van der Waals surface area contributed by atoms with E-state index in [-0.39, 0.29) is 17.3 Å². The summed E-state index contributed by atoms with van der Waals surface area (Å²) in [6.45, 7) is 2.30. The van der Waals surface area contributed by atoms with E-state index in [0.29, 0.717) is 30.2 Å². The maximum Gasteiger partial charge on any atom is 0.240 e. The smallest absolute Gasteiger partial charge is 0.240 e. The lowest BCUT2D eigenvalue weighted by Gasteiger charge is -2.28. The molecule has 0 aliphatic carbocycles. The van der Waals surface area contributed by atoms with E-state index >= 15 is 0 Å². The Hall–Kier alpha value is -2.23. The molecule has 0 spiro atoms. The number of sulfonamides is 1. The summed E-state index contributed by atoms with van der Waals surface area (Å²) in [5, 5.41) is 0. The SMILES string of the molecule is COc1ccc(CCNS(=O)(=O)c2ccc3c(c2)N(C(C)=O)CCS3)cc1OC. The summed E-state index contributed by atoms with van der Waals surface area (Å²) < 4.78 is 38.6. The van der Waals surface area contributed by atoms with E-state index in [1.165, 1.54) is 6.92 Å². The summed E-state index contributed by atoms with van der Waals surface area (Å²) in [5.74, 6) is 1.92. The van der Waals surface area contributed by atoms with Crippen LogP contribution >= 0.6 is 11.8 Å². The average molecular weight is 437 g/mol. The molecule has 1 N–H and O–H groups in total. The summed E-state index contributed by atoms with van der Waals surface area (Å²) in [6.07, 6.45) is 0.500. The van der Waals surface area contributed by atoms with Crippen LogP contribution in [0.4, 0.5) is 5.69 Å². The number of nitrogens with zero attached hydrogens (tertiary/aromatic N) is 1. The maximum absolute atomic E-state index is 12.7. The minimum absolute atomic E-state index is 0.0949. The van der Waals surface area contributed by atoms with Gasteiger partial charge in [-0.2, -0.15) is 0 Å². The van der Waals surface area contributed by atoms with Crippen molar-refractivity contribution in [2.24, 2.45) is 0 Å². The fraction of sp³-hybridized carbons (Fsp3) is 0.350. The zero-order valence-electron chi connectivity index (χ0n) is 16.6. The molecular formula is C20H24N2O5S2. The van der Waals surface area contributed by atoms with Gasteiger partial charge in [0.2, 0.25) is 15.9 Å². The second-order valence-corrected chi connectivity index (χ2v) is 9.39. The van der Waals surface area contributed by atoms with E-state index in [0.717, 1.165) is 16.2 Å². The highest BCUT2D eigenvalue weighted by molar-refractivity contribution is 7.99. The van der Waals surface area contributed by atoms with Crippen LogP contribution < -0.4 is 19.1 Å². The molecule has 156 valence electrons. The van der Waals surface area contributed by atoms with E-state index in [2.05, 4.69) is 4.72 Å². The molecule has 1 heterocycles. The molecule has 0 saturated heterocycles. The van der Waals surface area contributed by atoms with Gasteiger partial charge in [0.1, 0.15) is 0 Å². The van der Waals surface area contributed by atoms with E-state index in [1.807, 2.05) is 12.1 Å². The number of nitrogens with one attached hydrogen (secondary N) is 1. The number of thioether (sulfide) groups is 1. The molecular weight excluding hydrogens is 412 g/mol. The molecule has 0 saturated carbocycles. The third kappa shape index (κ3) is 4.85. The van der Waals surface area contributed by atoms with Gasteiger partial charge in [-0.05, 0) is 42.3 Å². The Morgan fingerprint density at radius 1 is 1.14 bits per heavy atom. The topological polar surface area (TPSA) is 84.9 Å². The second kappa shape index (κ2) is 9.06. The zero-order chi connectivity index (χ0) is 21.0. The minimum atomic E-state index is -3.69. The van der Waals surface area contributed by atoms with Crippen molar-refractivity contribution in [3.05, 3.63) is 42.0 Å². The number of anilines is 1. The van der Waals surface area contributed by atoms with Crippen molar-refractivity contribution in [3.8, 4) is 11.5 Å². The first-order chi connectivity index (χ1) is 13.9. The normalized spacial score (nSPS) is 13.7. The van der Waals surface area contributed by atoms with Crippen molar-refractivity contribution < 1.29 is 22.7 Å². The first-order valence-corrected chi connectivity index (χ1v) is 11.6. The van der Waals surface area contributed by atoms with Crippen molar-refractivity contribution in [1.82, 2.24) is 4.72 Å². The molecule has 2 aromatic carbocycles. The molecule has 0 unspecified atom stereocenters. The van der Waals surface area contributed by atoms with Crippen LogP contribution in [-0.4, -0.2) is 47.4 Å². The Bertz CT molecular complexity index is 1010. The first kappa shape index (κ1) is 21.5. The quantitative estimate of drug-likeness (QED) is 0.718. The first-order valence-electron chi connectivity index (χ1n) is 9.11. The lowest BCUT2D eigenvalue weighted by atomic mass is 10.1. The van der Waals surface area contributed by atoms with Crippen LogP contribution in [-0.2, 0) is 21.2 Å². The molecule has 0 fully saturated rings. The van der Waals surface area contributed by atoms with Crippen LogP contribution in [0.25, 0.3) is 0 Å². The van der Waals surface area contributed by atoms with Gasteiger partial charge < -0.3 is 14.4 Å². The highest BCUT2D eigenvalue weighted by Crippen LogP contribution is 2.36. The molecule has 9 heteroatoms. The number of carbonyl (C=O) groups excluding carboxylic acids is 1. The summed E-state index contributed by atoms with van der Waals surface area (Å²) in [5.41, 5.74) is 1.58. The number of hydrogen-bond donors (Lipinski definition) is 1. The Kier molecular flexibility index (Phi) is 6.71. The van der Waals surface area contributed by atoms with Crippen LogP contribution in [0.2, 0.25) is 0 Å². The fourth-order valence-corrected chi connectivity index (χ4v) is 5.17. The Balaban J connectivity index is 1.72. The lowest BCUT2D eigenvalue weighted by Crippen LogP contribution is -2.34. The number of hydrogen-bond acceptors (Lipinski definition) is 6. The van der Waals surface area contributed by atoms with Crippen molar-refractivity contribution in [3.63, 3.8) is 0 Å². The van der Waals surface area contributed by atoms with E-state index < -0.39 is 10.0 Å². The molecule has 7 nitrogen and oxygen atoms in total. The van der Waals surface area contributed by atoms with Crippen LogP contribution in [0.3, 0.4) is 0 Å².